The molecule has 0 unspecified atom stereocenters. The van der Waals surface area contributed by atoms with E-state index in [0.717, 1.165) is 0 Å². The van der Waals surface area contributed by atoms with Crippen LogP contribution in [0.3, 0.4) is 0 Å². The number of carbonyl (C=O) groups excluding carboxylic acids is 6. The van der Waals surface area contributed by atoms with Crippen molar-refractivity contribution in [3.05, 3.63) is 0 Å². The Morgan fingerprint density at radius 1 is 0.340 bits per heavy atom. The second-order valence-electron chi connectivity index (χ2n) is 6.15. The van der Waals surface area contributed by atoms with Crippen LogP contribution in [0.1, 0.15) is 0 Å². The first kappa shape index (κ1) is 60.4. The van der Waals surface area contributed by atoms with Crippen molar-refractivity contribution in [3.63, 3.8) is 0 Å². The number of alkyl halides is 18. The molecule has 0 fully saturated rings. The van der Waals surface area contributed by atoms with Gasteiger partial charge in [-0.3, -0.25) is 0 Å². The molecule has 0 atom stereocenters. The minimum Gasteiger partial charge on any atom is -0.822 e. The molecule has 0 radical (unpaired) electrons. The second kappa shape index (κ2) is 26.7. The van der Waals surface area contributed by atoms with E-state index in [1.807, 2.05) is 0 Å². The van der Waals surface area contributed by atoms with E-state index in [1.165, 1.54) is 0 Å². The summed E-state index contributed by atoms with van der Waals surface area (Å²) in [6.45, 7) is 0. The van der Waals surface area contributed by atoms with Crippen LogP contribution in [0.4, 0.5) is 0 Å². The topological polar surface area (TPSA) is 244 Å². The Balaban J connectivity index is -0.000000296. The minimum atomic E-state index is -5.39. The molecule has 284 valence electrons. The molecular weight excluding hydrogens is 1150 g/mol. The summed E-state index contributed by atoms with van der Waals surface area (Å²) in [5, 5.41) is 0. The molecule has 0 rings (SSSR count). The average molecular weight is 1150 g/mol. The minimum absolute atomic E-state index is 1.18. The molecule has 50 heavy (non-hydrogen) atoms. The van der Waals surface area contributed by atoms with Crippen molar-refractivity contribution in [1.82, 2.24) is 0 Å². The Bertz CT molecular complexity index is 972. The van der Waals surface area contributed by atoms with Crippen molar-refractivity contribution in [2.24, 2.45) is 0 Å². The van der Waals surface area contributed by atoms with Crippen LogP contribution >= 0.6 is 217 Å². The zero-order valence-electron chi connectivity index (χ0n) is 21.5. The fourth-order valence-corrected chi connectivity index (χ4v) is 4.61. The van der Waals surface area contributed by atoms with Gasteiger partial charge >= 0.3 is 367 Å². The van der Waals surface area contributed by atoms with Gasteiger partial charge in [0.2, 0.25) is 0 Å². The third kappa shape index (κ3) is 40.0. The maximum absolute atomic E-state index is 10.8. The van der Waals surface area contributed by atoms with Crippen molar-refractivity contribution in [3.8, 4) is 0 Å². The normalized spacial score (nSPS) is 11.6. The maximum atomic E-state index is 10.8. The van der Waals surface area contributed by atoms with E-state index in [4.69, 9.17) is 228 Å². The summed E-state index contributed by atoms with van der Waals surface area (Å²) in [6, 6.07) is 0. The van der Waals surface area contributed by atoms with Gasteiger partial charge in [0.05, 0.1) is 0 Å². The molecular formula is C12Al3Cl18O16P. The van der Waals surface area contributed by atoms with E-state index in [2.05, 4.69) is 22.7 Å². The molecule has 0 aliphatic rings. The van der Waals surface area contributed by atoms with Crippen LogP contribution < -0.4 is 14.7 Å². The summed E-state index contributed by atoms with van der Waals surface area (Å²) in [7, 11) is -5.39. The Morgan fingerprint density at radius 3 is 0.480 bits per heavy atom. The molecule has 0 saturated carbocycles. The summed E-state index contributed by atoms with van der Waals surface area (Å²) in [5.41, 5.74) is 0. The third-order valence-electron chi connectivity index (χ3n) is 2.32. The van der Waals surface area contributed by atoms with Crippen molar-refractivity contribution >= 4 is 300 Å². The summed E-state index contributed by atoms with van der Waals surface area (Å²) in [6.07, 6.45) is 0. The van der Waals surface area contributed by atoms with Crippen molar-refractivity contribution < 1.29 is 70.7 Å². The van der Waals surface area contributed by atoms with E-state index in [9.17, 15) is 28.8 Å². The zero-order chi connectivity index (χ0) is 41.3. The molecule has 0 aromatic carbocycles. The van der Waals surface area contributed by atoms with Gasteiger partial charge in [0.15, 0.2) is 0 Å². The van der Waals surface area contributed by atoms with Crippen LogP contribution in [0.2, 0.25) is 0 Å². The van der Waals surface area contributed by atoms with Crippen molar-refractivity contribution in [1.29, 1.82) is 0 Å². The van der Waals surface area contributed by atoms with Crippen LogP contribution in [0.5, 0.6) is 0 Å². The molecule has 0 saturated heterocycles. The average Bonchev–Trinajstić information content (AvgIpc) is 2.84. The molecule has 0 aliphatic heterocycles. The van der Waals surface area contributed by atoms with Gasteiger partial charge in [0.25, 0.3) is 0 Å². The molecule has 0 aromatic rings. The van der Waals surface area contributed by atoms with E-state index < -0.39 is 114 Å². The van der Waals surface area contributed by atoms with Crippen LogP contribution in [-0.4, -0.2) is 106 Å². The molecule has 0 N–H and O–H groups in total. The largest absolute Gasteiger partial charge is 0.822 e. The number of carbonyl (C=O) groups is 6. The Hall–Kier alpha value is 3.75. The van der Waals surface area contributed by atoms with Gasteiger partial charge in [-0.25, -0.2) is 0 Å². The number of phosphoric acid groups is 1. The predicted octanol–water partition coefficient (Wildman–Crippen LogP) is 4.22. The molecule has 0 bridgehead atoms. The first-order valence-electron chi connectivity index (χ1n) is 9.50. The molecule has 0 heterocycles. The monoisotopic (exact) mass is 1140 g/mol. The molecule has 0 aromatic heterocycles. The van der Waals surface area contributed by atoms with Gasteiger partial charge in [0, 0.05) is 0 Å². The Morgan fingerprint density at radius 2 is 0.420 bits per heavy atom. The zero-order valence-corrected chi connectivity index (χ0v) is 39.5. The van der Waals surface area contributed by atoms with Crippen molar-refractivity contribution in [2.45, 2.75) is 22.8 Å². The summed E-state index contributed by atoms with van der Waals surface area (Å²) in [5.74, 6) is -7.09. The first-order chi connectivity index (χ1) is 21.6. The number of hydrogen-bond donors (Lipinski definition) is 0. The second-order valence-corrected chi connectivity index (χ2v) is 22.7. The van der Waals surface area contributed by atoms with Gasteiger partial charge in [-0.2, -0.15) is 7.82 Å². The van der Waals surface area contributed by atoms with Gasteiger partial charge in [-0.1, -0.05) is 0 Å². The van der Waals surface area contributed by atoms with Gasteiger partial charge in [-0.05, 0) is 0 Å². The summed E-state index contributed by atoms with van der Waals surface area (Å²) < 4.78 is 20.9. The molecule has 38 heteroatoms. The van der Waals surface area contributed by atoms with Gasteiger partial charge in [-0.15, -0.1) is 0 Å². The Kier molecular flexibility index (Phi) is 32.3. The predicted molar refractivity (Wildman–Crippen MR) is 183 cm³/mol. The summed E-state index contributed by atoms with van der Waals surface area (Å²) >= 11 is 87.8. The smallest absolute Gasteiger partial charge is 0.159 e. The first-order valence-corrected chi connectivity index (χ1v) is 20.6. The Labute approximate surface area is 388 Å². The summed E-state index contributed by atoms with van der Waals surface area (Å²) in [4.78, 5) is 90.5. The molecule has 0 amide bonds. The van der Waals surface area contributed by atoms with Crippen molar-refractivity contribution in [2.75, 3.05) is 0 Å². The van der Waals surface area contributed by atoms with E-state index in [0.29, 0.717) is 0 Å². The molecule has 0 aliphatic carbocycles. The van der Waals surface area contributed by atoms with Crippen LogP contribution in [0.25, 0.3) is 0 Å². The van der Waals surface area contributed by atoms with Crippen LogP contribution in [0, 0.1) is 0 Å². The number of hydrogen-bond acceptors (Lipinski definition) is 16. The maximum Gasteiger partial charge on any atom is -0.159 e. The van der Waals surface area contributed by atoms with Crippen LogP contribution in [0.15, 0.2) is 0 Å². The van der Waals surface area contributed by atoms with E-state index in [-0.39, 0.29) is 0 Å². The number of rotatable bonds is 6. The fourth-order valence-electron chi connectivity index (χ4n) is 0.735. The molecule has 16 nitrogen and oxygen atoms in total. The third-order valence-corrected chi connectivity index (χ3v) is 6.96. The van der Waals surface area contributed by atoms with E-state index >= 15 is 0 Å². The van der Waals surface area contributed by atoms with Crippen LogP contribution in [-0.2, 0) is 56.1 Å². The van der Waals surface area contributed by atoms with E-state index in [1.54, 1.807) is 0 Å². The van der Waals surface area contributed by atoms with Gasteiger partial charge in [0.1, 0.15) is 0 Å². The fraction of sp³-hybridized carbons (Fsp3) is 0.500. The SMILES string of the molecule is O=C([O][Al+][O]C(=O)C(Cl)(Cl)Cl)C(Cl)(Cl)Cl.O=C([O][Al+][O]C(=O)C(Cl)(Cl)Cl)C(Cl)(Cl)Cl.O=C([O][Al+][O]C(=O)C(Cl)(Cl)Cl)C(Cl)(Cl)Cl.O=P([O-])([O-])[O-]. The standard InChI is InChI=1S/6C2HCl3O2.3Al.H3O4P/c6*3-2(4,5)1(6)7;;;;1-5(2,3)4/h6*(H,6,7);;;;(H3,1,2,3,4)/q;;;;;;3*+3;/p-9. The van der Waals surface area contributed by atoms with Gasteiger partial charge < -0.3 is 19.2 Å². The number of halogens is 18. The quantitative estimate of drug-likeness (QED) is 0.205. The molecule has 0 spiro atoms.